The molecule has 2 aromatic heterocycles. The van der Waals surface area contributed by atoms with Crippen LogP contribution >= 0.6 is 24.8 Å². The SMILES string of the molecule is Cc1ccc2nc(COc3cccc(C(=O)NCCC4CCNC4)c3)cn2c1.Cl.Cl. The van der Waals surface area contributed by atoms with Gasteiger partial charge in [-0.1, -0.05) is 12.1 Å². The molecule has 1 atom stereocenters. The van der Waals surface area contributed by atoms with Crippen LogP contribution in [-0.4, -0.2) is 34.9 Å². The Hall–Kier alpha value is -2.28. The fourth-order valence-electron chi connectivity index (χ4n) is 3.56. The Morgan fingerprint density at radius 3 is 2.93 bits per heavy atom. The molecule has 3 heterocycles. The van der Waals surface area contributed by atoms with E-state index in [1.54, 1.807) is 6.07 Å². The molecule has 3 aromatic rings. The topological polar surface area (TPSA) is 67.7 Å². The number of nitrogens with one attached hydrogen (secondary N) is 2. The summed E-state index contributed by atoms with van der Waals surface area (Å²) in [6.45, 7) is 5.26. The van der Waals surface area contributed by atoms with Crippen LogP contribution in [-0.2, 0) is 6.61 Å². The number of carbonyl (C=O) groups excluding carboxylic acids is 1. The fourth-order valence-corrected chi connectivity index (χ4v) is 3.56. The third-order valence-electron chi connectivity index (χ3n) is 5.13. The molecule has 8 heteroatoms. The summed E-state index contributed by atoms with van der Waals surface area (Å²) in [4.78, 5) is 17.0. The largest absolute Gasteiger partial charge is 0.487 e. The average molecular weight is 451 g/mol. The Morgan fingerprint density at radius 1 is 1.27 bits per heavy atom. The minimum atomic E-state index is -0.0559. The van der Waals surface area contributed by atoms with Crippen LogP contribution in [0.1, 0.15) is 34.5 Å². The number of carbonyl (C=O) groups is 1. The summed E-state index contributed by atoms with van der Waals surface area (Å²) in [5.74, 6) is 1.28. The van der Waals surface area contributed by atoms with Crippen molar-refractivity contribution in [2.75, 3.05) is 19.6 Å². The number of benzene rings is 1. The van der Waals surface area contributed by atoms with Crippen molar-refractivity contribution >= 4 is 36.4 Å². The van der Waals surface area contributed by atoms with Crippen molar-refractivity contribution in [3.8, 4) is 5.75 Å². The minimum Gasteiger partial charge on any atom is -0.487 e. The number of hydrogen-bond donors (Lipinski definition) is 2. The van der Waals surface area contributed by atoms with E-state index < -0.39 is 0 Å². The van der Waals surface area contributed by atoms with E-state index in [9.17, 15) is 4.79 Å². The molecule has 0 spiro atoms. The fraction of sp³-hybridized carbons (Fsp3) is 0.364. The molecule has 1 aliphatic heterocycles. The maximum absolute atomic E-state index is 12.4. The van der Waals surface area contributed by atoms with Crippen molar-refractivity contribution in [1.29, 1.82) is 0 Å². The first-order valence-electron chi connectivity index (χ1n) is 9.83. The Morgan fingerprint density at radius 2 is 2.13 bits per heavy atom. The summed E-state index contributed by atoms with van der Waals surface area (Å²) in [6.07, 6.45) is 6.22. The number of hydrogen-bond acceptors (Lipinski definition) is 4. The highest BCUT2D eigenvalue weighted by Gasteiger charge is 2.14. The Labute approximate surface area is 189 Å². The number of imidazole rings is 1. The Kier molecular flexibility index (Phi) is 8.96. The summed E-state index contributed by atoms with van der Waals surface area (Å²) in [5.41, 5.74) is 3.55. The van der Waals surface area contributed by atoms with Crippen LogP contribution in [0.5, 0.6) is 5.75 Å². The maximum Gasteiger partial charge on any atom is 0.251 e. The van der Waals surface area contributed by atoms with Gasteiger partial charge in [0, 0.05) is 24.5 Å². The highest BCUT2D eigenvalue weighted by Crippen LogP contribution is 2.16. The van der Waals surface area contributed by atoms with Crippen molar-refractivity contribution in [3.05, 3.63) is 65.6 Å². The van der Waals surface area contributed by atoms with Crippen LogP contribution in [0.15, 0.2) is 48.8 Å². The molecule has 0 bridgehead atoms. The summed E-state index contributed by atoms with van der Waals surface area (Å²) in [6, 6.07) is 11.3. The lowest BCUT2D eigenvalue weighted by atomic mass is 10.1. The first kappa shape index (κ1) is 24.0. The van der Waals surface area contributed by atoms with E-state index in [0.29, 0.717) is 30.4 Å². The molecule has 30 heavy (non-hydrogen) atoms. The molecule has 0 saturated carbocycles. The number of aryl methyl sites for hydroxylation is 1. The van der Waals surface area contributed by atoms with E-state index in [2.05, 4.69) is 22.5 Å². The van der Waals surface area contributed by atoms with E-state index in [0.717, 1.165) is 30.9 Å². The third kappa shape index (κ3) is 6.11. The van der Waals surface area contributed by atoms with Gasteiger partial charge in [-0.3, -0.25) is 4.79 Å². The number of ether oxygens (including phenoxy) is 1. The Bertz CT molecular complexity index is 971. The van der Waals surface area contributed by atoms with Crippen LogP contribution in [0.3, 0.4) is 0 Å². The lowest BCUT2D eigenvalue weighted by molar-refractivity contribution is 0.0951. The van der Waals surface area contributed by atoms with Gasteiger partial charge in [-0.05, 0) is 68.6 Å². The normalized spacial score (nSPS) is 15.3. The van der Waals surface area contributed by atoms with Gasteiger partial charge in [-0.25, -0.2) is 4.98 Å². The van der Waals surface area contributed by atoms with Crippen molar-refractivity contribution in [3.63, 3.8) is 0 Å². The molecule has 1 aromatic carbocycles. The zero-order valence-electron chi connectivity index (χ0n) is 17.0. The highest BCUT2D eigenvalue weighted by molar-refractivity contribution is 5.94. The summed E-state index contributed by atoms with van der Waals surface area (Å²) in [7, 11) is 0. The summed E-state index contributed by atoms with van der Waals surface area (Å²) in [5, 5.41) is 6.36. The minimum absolute atomic E-state index is 0. The number of nitrogens with zero attached hydrogens (tertiary/aromatic N) is 2. The molecule has 0 radical (unpaired) electrons. The zero-order valence-corrected chi connectivity index (χ0v) is 18.6. The second kappa shape index (κ2) is 11.2. The quantitative estimate of drug-likeness (QED) is 0.574. The van der Waals surface area contributed by atoms with E-state index in [-0.39, 0.29) is 30.7 Å². The van der Waals surface area contributed by atoms with Crippen molar-refractivity contribution in [1.82, 2.24) is 20.0 Å². The molecule has 162 valence electrons. The van der Waals surface area contributed by atoms with E-state index in [1.807, 2.05) is 47.1 Å². The van der Waals surface area contributed by atoms with Crippen molar-refractivity contribution in [2.24, 2.45) is 5.92 Å². The maximum atomic E-state index is 12.4. The molecule has 1 unspecified atom stereocenters. The van der Waals surface area contributed by atoms with Crippen LogP contribution in [0.25, 0.3) is 5.65 Å². The van der Waals surface area contributed by atoms with Gasteiger partial charge in [0.2, 0.25) is 0 Å². The van der Waals surface area contributed by atoms with Crippen molar-refractivity contribution in [2.45, 2.75) is 26.4 Å². The van der Waals surface area contributed by atoms with E-state index in [1.165, 1.54) is 12.0 Å². The van der Waals surface area contributed by atoms with Gasteiger partial charge < -0.3 is 19.8 Å². The number of pyridine rings is 1. The molecule has 6 nitrogen and oxygen atoms in total. The number of aromatic nitrogens is 2. The predicted octanol–water partition coefficient (Wildman–Crippen LogP) is 3.79. The van der Waals surface area contributed by atoms with Gasteiger partial charge in [-0.15, -0.1) is 24.8 Å². The highest BCUT2D eigenvalue weighted by atomic mass is 35.5. The number of fused-ring (bicyclic) bond motifs is 1. The standard InChI is InChI=1S/C22H26N4O2.2ClH/c1-16-5-6-21-25-19(14-26(21)13-16)15-28-20-4-2-3-18(11-20)22(27)24-10-8-17-7-9-23-12-17;;/h2-6,11,13-14,17,23H,7-10,12,15H2,1H3,(H,24,27);2*1H. The average Bonchev–Trinajstić information content (AvgIpc) is 3.35. The van der Waals surface area contributed by atoms with Gasteiger partial charge in [0.1, 0.15) is 18.0 Å². The monoisotopic (exact) mass is 450 g/mol. The van der Waals surface area contributed by atoms with Crippen LogP contribution < -0.4 is 15.4 Å². The number of halogens is 2. The molecule has 1 aliphatic rings. The van der Waals surface area contributed by atoms with Crippen LogP contribution in [0, 0.1) is 12.8 Å². The van der Waals surface area contributed by atoms with Gasteiger partial charge in [0.15, 0.2) is 0 Å². The third-order valence-corrected chi connectivity index (χ3v) is 5.13. The molecule has 4 rings (SSSR count). The molecule has 1 saturated heterocycles. The van der Waals surface area contributed by atoms with Gasteiger partial charge >= 0.3 is 0 Å². The lowest BCUT2D eigenvalue weighted by Crippen LogP contribution is -2.26. The second-order valence-electron chi connectivity index (χ2n) is 7.42. The summed E-state index contributed by atoms with van der Waals surface area (Å²) < 4.78 is 7.86. The summed E-state index contributed by atoms with van der Waals surface area (Å²) >= 11 is 0. The van der Waals surface area contributed by atoms with E-state index in [4.69, 9.17) is 4.74 Å². The van der Waals surface area contributed by atoms with E-state index >= 15 is 0 Å². The van der Waals surface area contributed by atoms with Gasteiger partial charge in [-0.2, -0.15) is 0 Å². The Balaban J connectivity index is 0.00000160. The molecular formula is C22H28Cl2N4O2. The molecule has 1 fully saturated rings. The molecule has 1 amide bonds. The first-order chi connectivity index (χ1) is 13.7. The predicted molar refractivity (Wildman–Crippen MR) is 123 cm³/mol. The lowest BCUT2D eigenvalue weighted by Gasteiger charge is -2.10. The molecule has 2 N–H and O–H groups in total. The van der Waals surface area contributed by atoms with Crippen molar-refractivity contribution < 1.29 is 9.53 Å². The first-order valence-corrected chi connectivity index (χ1v) is 9.83. The van der Waals surface area contributed by atoms with Crippen LogP contribution in [0.2, 0.25) is 0 Å². The zero-order chi connectivity index (χ0) is 19.3. The molecular weight excluding hydrogens is 423 g/mol. The van der Waals surface area contributed by atoms with Gasteiger partial charge in [0.05, 0.1) is 5.69 Å². The number of rotatable bonds is 7. The van der Waals surface area contributed by atoms with Crippen LogP contribution in [0.4, 0.5) is 0 Å². The molecule has 0 aliphatic carbocycles. The second-order valence-corrected chi connectivity index (χ2v) is 7.42. The smallest absolute Gasteiger partial charge is 0.251 e. The van der Waals surface area contributed by atoms with Gasteiger partial charge in [0.25, 0.3) is 5.91 Å². The number of amides is 1.